The largest absolute Gasteiger partial charge is 0.494 e. The molecular weight excluding hydrogens is 240 g/mol. The lowest BCUT2D eigenvalue weighted by molar-refractivity contribution is 0.247. The molecule has 1 aromatic carbocycles. The van der Waals surface area contributed by atoms with Crippen LogP contribution in [0.3, 0.4) is 0 Å². The van der Waals surface area contributed by atoms with Crippen LogP contribution in [0.25, 0.3) is 0 Å². The Morgan fingerprint density at radius 2 is 2.00 bits per heavy atom. The summed E-state index contributed by atoms with van der Waals surface area (Å²) < 4.78 is 5.30. The predicted molar refractivity (Wildman–Crippen MR) is 69.7 cm³/mol. The maximum atomic E-state index is 10.4. The van der Waals surface area contributed by atoms with Gasteiger partial charge in [-0.05, 0) is 43.4 Å². The molecule has 0 bridgehead atoms. The Bertz CT molecular complexity index is 394. The molecular formula is C10H14N4O2S. The zero-order valence-electron chi connectivity index (χ0n) is 9.32. The van der Waals surface area contributed by atoms with Gasteiger partial charge in [-0.1, -0.05) is 0 Å². The number of nitrogens with two attached hydrogens (primary N) is 1. The second-order valence-corrected chi connectivity index (χ2v) is 3.43. The number of hydrogen-bond acceptors (Lipinski definition) is 3. The third kappa shape index (κ3) is 5.03. The van der Waals surface area contributed by atoms with Crippen LogP contribution in [0.15, 0.2) is 24.3 Å². The van der Waals surface area contributed by atoms with Gasteiger partial charge in [-0.2, -0.15) is 0 Å². The van der Waals surface area contributed by atoms with Crippen molar-refractivity contribution in [3.63, 3.8) is 0 Å². The van der Waals surface area contributed by atoms with Crippen LogP contribution in [0.2, 0.25) is 0 Å². The van der Waals surface area contributed by atoms with E-state index < -0.39 is 6.03 Å². The summed E-state index contributed by atoms with van der Waals surface area (Å²) in [7, 11) is 0. The van der Waals surface area contributed by atoms with Crippen LogP contribution in [0.5, 0.6) is 5.75 Å². The summed E-state index contributed by atoms with van der Waals surface area (Å²) in [5.74, 6) is 0.784. The molecule has 0 spiro atoms. The molecule has 0 atom stereocenters. The Labute approximate surface area is 104 Å². The molecule has 0 heterocycles. The molecule has 7 heteroatoms. The van der Waals surface area contributed by atoms with Gasteiger partial charge in [0.25, 0.3) is 0 Å². The highest BCUT2D eigenvalue weighted by Crippen LogP contribution is 2.15. The van der Waals surface area contributed by atoms with Gasteiger partial charge in [-0.3, -0.25) is 5.43 Å². The van der Waals surface area contributed by atoms with Crippen molar-refractivity contribution in [1.82, 2.24) is 10.9 Å². The minimum atomic E-state index is -0.708. The lowest BCUT2D eigenvalue weighted by Crippen LogP contribution is -2.46. The van der Waals surface area contributed by atoms with Crippen LogP contribution in [0, 0.1) is 0 Å². The molecule has 0 aliphatic rings. The van der Waals surface area contributed by atoms with E-state index in [-0.39, 0.29) is 5.11 Å². The first-order chi connectivity index (χ1) is 8.11. The van der Waals surface area contributed by atoms with Gasteiger partial charge in [0, 0.05) is 5.69 Å². The molecule has 0 saturated heterocycles. The molecule has 0 saturated carbocycles. The number of anilines is 1. The van der Waals surface area contributed by atoms with Gasteiger partial charge in [0.15, 0.2) is 5.11 Å². The summed E-state index contributed by atoms with van der Waals surface area (Å²) in [6.45, 7) is 2.54. The van der Waals surface area contributed by atoms with Gasteiger partial charge in [-0.25, -0.2) is 10.2 Å². The fourth-order valence-electron chi connectivity index (χ4n) is 1.08. The number of hydrogen-bond donors (Lipinski definition) is 4. The Hall–Kier alpha value is -2.02. The summed E-state index contributed by atoms with van der Waals surface area (Å²) in [6, 6.07) is 6.54. The van der Waals surface area contributed by atoms with Crippen LogP contribution in [-0.4, -0.2) is 17.8 Å². The molecule has 1 rings (SSSR count). The second kappa shape index (κ2) is 6.54. The summed E-state index contributed by atoms with van der Waals surface area (Å²) in [5, 5.41) is 3.10. The Morgan fingerprint density at radius 1 is 1.35 bits per heavy atom. The molecule has 1 aromatic rings. The normalized spacial score (nSPS) is 9.24. The number of benzene rings is 1. The number of primary amides is 1. The first kappa shape index (κ1) is 13.0. The van der Waals surface area contributed by atoms with E-state index in [0.717, 1.165) is 11.4 Å². The molecule has 5 N–H and O–H groups in total. The lowest BCUT2D eigenvalue weighted by Gasteiger charge is -2.10. The van der Waals surface area contributed by atoms with Crippen molar-refractivity contribution in [2.24, 2.45) is 5.73 Å². The van der Waals surface area contributed by atoms with Gasteiger partial charge in [0.05, 0.1) is 6.61 Å². The molecule has 0 radical (unpaired) electrons. The standard InChI is InChI=1S/C10H14N4O2S/c1-2-16-8-5-3-7(4-6-8)12-10(17)14-13-9(11)15/h3-6H,2H2,1H3,(H3,11,13,15)(H2,12,14,17). The molecule has 6 nitrogen and oxygen atoms in total. The van der Waals surface area contributed by atoms with Crippen molar-refractivity contribution in [1.29, 1.82) is 0 Å². The first-order valence-electron chi connectivity index (χ1n) is 4.97. The highest BCUT2D eigenvalue weighted by molar-refractivity contribution is 7.80. The number of thiocarbonyl (C=S) groups is 1. The number of amides is 2. The molecule has 2 amide bonds. The van der Waals surface area contributed by atoms with E-state index in [9.17, 15) is 4.79 Å². The van der Waals surface area contributed by atoms with Crippen LogP contribution >= 0.6 is 12.2 Å². The average Bonchev–Trinajstić information content (AvgIpc) is 2.29. The van der Waals surface area contributed by atoms with E-state index in [1.807, 2.05) is 31.2 Å². The second-order valence-electron chi connectivity index (χ2n) is 3.03. The lowest BCUT2D eigenvalue weighted by atomic mass is 10.3. The van der Waals surface area contributed by atoms with E-state index in [1.54, 1.807) is 0 Å². The number of hydrazine groups is 1. The van der Waals surface area contributed by atoms with Crippen molar-refractivity contribution >= 4 is 29.0 Å². The zero-order chi connectivity index (χ0) is 12.7. The monoisotopic (exact) mass is 254 g/mol. The highest BCUT2D eigenvalue weighted by atomic mass is 32.1. The fraction of sp³-hybridized carbons (Fsp3) is 0.200. The first-order valence-corrected chi connectivity index (χ1v) is 5.38. The van der Waals surface area contributed by atoms with Crippen LogP contribution < -0.4 is 26.6 Å². The van der Waals surface area contributed by atoms with Crippen molar-refractivity contribution in [3.8, 4) is 5.75 Å². The van der Waals surface area contributed by atoms with Crippen LogP contribution in [0.1, 0.15) is 6.92 Å². The molecule has 0 unspecified atom stereocenters. The Kier molecular flexibility index (Phi) is 5.02. The zero-order valence-corrected chi connectivity index (χ0v) is 10.1. The smallest absolute Gasteiger partial charge is 0.330 e. The fourth-order valence-corrected chi connectivity index (χ4v) is 1.25. The van der Waals surface area contributed by atoms with Gasteiger partial charge < -0.3 is 15.8 Å². The molecule has 0 aliphatic heterocycles. The number of rotatable bonds is 3. The summed E-state index contributed by atoms with van der Waals surface area (Å²) in [6.07, 6.45) is 0. The SMILES string of the molecule is CCOc1ccc(NC(=S)NNC(N)=O)cc1. The minimum Gasteiger partial charge on any atom is -0.494 e. The summed E-state index contributed by atoms with van der Waals surface area (Å²) in [5.41, 5.74) is 10.2. The summed E-state index contributed by atoms with van der Waals surface area (Å²) in [4.78, 5) is 10.4. The maximum absolute atomic E-state index is 10.4. The molecule has 0 aliphatic carbocycles. The average molecular weight is 254 g/mol. The molecule has 92 valence electrons. The molecule has 17 heavy (non-hydrogen) atoms. The third-order valence-electron chi connectivity index (χ3n) is 1.72. The van der Waals surface area contributed by atoms with E-state index in [4.69, 9.17) is 22.7 Å². The number of nitrogens with one attached hydrogen (secondary N) is 3. The van der Waals surface area contributed by atoms with Crippen molar-refractivity contribution < 1.29 is 9.53 Å². The van der Waals surface area contributed by atoms with Gasteiger partial charge in [0.2, 0.25) is 0 Å². The van der Waals surface area contributed by atoms with Gasteiger partial charge in [-0.15, -0.1) is 0 Å². The highest BCUT2D eigenvalue weighted by Gasteiger charge is 1.98. The minimum absolute atomic E-state index is 0.243. The van der Waals surface area contributed by atoms with Crippen molar-refractivity contribution in [2.75, 3.05) is 11.9 Å². The third-order valence-corrected chi connectivity index (χ3v) is 1.93. The van der Waals surface area contributed by atoms with E-state index in [0.29, 0.717) is 6.61 Å². The maximum Gasteiger partial charge on any atom is 0.330 e. The van der Waals surface area contributed by atoms with Gasteiger partial charge >= 0.3 is 6.03 Å². The summed E-state index contributed by atoms with van der Waals surface area (Å²) >= 11 is 4.91. The number of ether oxygens (including phenoxy) is 1. The number of carbonyl (C=O) groups is 1. The number of carbonyl (C=O) groups excluding carboxylic acids is 1. The van der Waals surface area contributed by atoms with Gasteiger partial charge in [0.1, 0.15) is 5.75 Å². The Balaban J connectivity index is 2.45. The van der Waals surface area contributed by atoms with E-state index >= 15 is 0 Å². The quantitative estimate of drug-likeness (QED) is 0.476. The molecule has 0 fully saturated rings. The predicted octanol–water partition coefficient (Wildman–Crippen LogP) is 0.955. The van der Waals surface area contributed by atoms with Crippen LogP contribution in [-0.2, 0) is 0 Å². The number of urea groups is 1. The van der Waals surface area contributed by atoms with E-state index in [1.165, 1.54) is 0 Å². The molecule has 0 aromatic heterocycles. The van der Waals surface area contributed by atoms with Crippen molar-refractivity contribution in [3.05, 3.63) is 24.3 Å². The van der Waals surface area contributed by atoms with Crippen molar-refractivity contribution in [2.45, 2.75) is 6.92 Å². The van der Waals surface area contributed by atoms with E-state index in [2.05, 4.69) is 16.2 Å². The topological polar surface area (TPSA) is 88.4 Å². The Morgan fingerprint density at radius 3 is 2.53 bits per heavy atom. The van der Waals surface area contributed by atoms with Crippen LogP contribution in [0.4, 0.5) is 10.5 Å².